The molecule has 1 aliphatic rings. The highest BCUT2D eigenvalue weighted by Gasteiger charge is 2.39. The molecule has 1 saturated carbocycles. The van der Waals surface area contributed by atoms with Crippen molar-refractivity contribution in [3.63, 3.8) is 0 Å². The Morgan fingerprint density at radius 1 is 1.29 bits per heavy atom. The molecule has 0 amide bonds. The van der Waals surface area contributed by atoms with Gasteiger partial charge in [0.25, 0.3) is 0 Å². The molecule has 0 aliphatic heterocycles. The number of nitrogens with two attached hydrogens (primary N) is 1. The monoisotopic (exact) mass is 259 g/mol. The van der Waals surface area contributed by atoms with Gasteiger partial charge in [0.05, 0.1) is 0 Å². The van der Waals surface area contributed by atoms with Crippen LogP contribution < -0.4 is 5.73 Å². The van der Waals surface area contributed by atoms with Crippen molar-refractivity contribution in [1.29, 1.82) is 0 Å². The molecule has 1 aliphatic carbocycles. The molecule has 0 aromatic carbocycles. The maximum atomic E-state index is 6.15. The van der Waals surface area contributed by atoms with Crippen molar-refractivity contribution in [2.24, 2.45) is 5.73 Å². The SMILES string of the molecule is CSCC[C@H](N)CN(C)CC1(N(C)C)CCC1. The lowest BCUT2D eigenvalue weighted by atomic mass is 9.75. The minimum atomic E-state index is 0.326. The Morgan fingerprint density at radius 2 is 1.94 bits per heavy atom. The third-order valence-corrected chi connectivity index (χ3v) is 4.68. The molecule has 17 heavy (non-hydrogen) atoms. The second-order valence-corrected chi connectivity index (χ2v) is 6.70. The van der Waals surface area contributed by atoms with Crippen molar-refractivity contribution in [3.05, 3.63) is 0 Å². The lowest BCUT2D eigenvalue weighted by Gasteiger charge is -2.49. The fourth-order valence-corrected chi connectivity index (χ4v) is 3.20. The van der Waals surface area contributed by atoms with Crippen LogP contribution in [0, 0.1) is 0 Å². The summed E-state index contributed by atoms with van der Waals surface area (Å²) in [5.74, 6) is 1.17. The normalized spacial score (nSPS) is 20.6. The van der Waals surface area contributed by atoms with Crippen molar-refractivity contribution in [2.75, 3.05) is 46.2 Å². The minimum absolute atomic E-state index is 0.326. The zero-order chi connectivity index (χ0) is 12.9. The molecule has 0 aromatic heterocycles. The van der Waals surface area contributed by atoms with Gasteiger partial charge in [-0.05, 0) is 58.8 Å². The fraction of sp³-hybridized carbons (Fsp3) is 1.00. The van der Waals surface area contributed by atoms with Crippen LogP contribution in [0.25, 0.3) is 0 Å². The maximum absolute atomic E-state index is 6.15. The lowest BCUT2D eigenvalue weighted by molar-refractivity contribution is 0.0265. The van der Waals surface area contributed by atoms with Gasteiger partial charge >= 0.3 is 0 Å². The Bertz CT molecular complexity index is 217. The summed E-state index contributed by atoms with van der Waals surface area (Å²) in [6.45, 7) is 2.18. The van der Waals surface area contributed by atoms with Crippen molar-refractivity contribution in [3.8, 4) is 0 Å². The Balaban J connectivity index is 2.30. The van der Waals surface area contributed by atoms with Gasteiger partial charge in [-0.3, -0.25) is 0 Å². The van der Waals surface area contributed by atoms with E-state index in [0.29, 0.717) is 11.6 Å². The zero-order valence-electron chi connectivity index (χ0n) is 11.9. The molecule has 3 nitrogen and oxygen atoms in total. The van der Waals surface area contributed by atoms with Crippen LogP contribution in [0.5, 0.6) is 0 Å². The quantitative estimate of drug-likeness (QED) is 0.716. The molecule has 0 bridgehead atoms. The van der Waals surface area contributed by atoms with Crippen LogP contribution in [0.3, 0.4) is 0 Å². The smallest absolute Gasteiger partial charge is 0.0330 e. The minimum Gasteiger partial charge on any atom is -0.327 e. The predicted octanol–water partition coefficient (Wildman–Crippen LogP) is 1.48. The number of hydrogen-bond acceptors (Lipinski definition) is 4. The van der Waals surface area contributed by atoms with E-state index in [9.17, 15) is 0 Å². The number of hydrogen-bond donors (Lipinski definition) is 1. The predicted molar refractivity (Wildman–Crippen MR) is 78.7 cm³/mol. The molecule has 0 unspecified atom stereocenters. The first-order valence-corrected chi connectivity index (χ1v) is 8.00. The molecule has 0 heterocycles. The summed E-state index contributed by atoms with van der Waals surface area (Å²) in [7, 11) is 6.63. The van der Waals surface area contributed by atoms with E-state index in [1.54, 1.807) is 0 Å². The summed E-state index contributed by atoms with van der Waals surface area (Å²) in [6.07, 6.45) is 7.33. The van der Waals surface area contributed by atoms with E-state index < -0.39 is 0 Å². The zero-order valence-corrected chi connectivity index (χ0v) is 12.7. The molecule has 4 heteroatoms. The lowest BCUT2D eigenvalue weighted by Crippen LogP contribution is -2.57. The second kappa shape index (κ2) is 6.98. The van der Waals surface area contributed by atoms with Crippen LogP contribution in [0.4, 0.5) is 0 Å². The van der Waals surface area contributed by atoms with E-state index in [4.69, 9.17) is 5.73 Å². The standard InChI is InChI=1S/C13H29N3S/c1-15(2)13(7-5-8-13)11-16(3)10-12(14)6-9-17-4/h12H,5-11,14H2,1-4H3/t12-/m0/s1. The number of nitrogens with zero attached hydrogens (tertiary/aromatic N) is 2. The average molecular weight is 259 g/mol. The molecular formula is C13H29N3S. The van der Waals surface area contributed by atoms with Gasteiger partial charge in [-0.15, -0.1) is 0 Å². The van der Waals surface area contributed by atoms with Gasteiger partial charge in [0.2, 0.25) is 0 Å². The number of likely N-dealkylation sites (N-methyl/N-ethyl adjacent to an activating group) is 2. The van der Waals surface area contributed by atoms with Gasteiger partial charge in [0.1, 0.15) is 0 Å². The van der Waals surface area contributed by atoms with Crippen LogP contribution in [-0.4, -0.2) is 67.6 Å². The van der Waals surface area contributed by atoms with E-state index in [1.807, 2.05) is 11.8 Å². The second-order valence-electron chi connectivity index (χ2n) is 5.71. The van der Waals surface area contributed by atoms with Crippen molar-refractivity contribution >= 4 is 11.8 Å². The molecule has 0 radical (unpaired) electrons. The highest BCUT2D eigenvalue weighted by Crippen LogP contribution is 2.36. The molecule has 0 saturated heterocycles. The Labute approximate surface area is 111 Å². The van der Waals surface area contributed by atoms with Crippen LogP contribution in [0.1, 0.15) is 25.7 Å². The Hall–Kier alpha value is 0.230. The summed E-state index contributed by atoms with van der Waals surface area (Å²) in [4.78, 5) is 4.82. The molecule has 102 valence electrons. The van der Waals surface area contributed by atoms with Crippen LogP contribution >= 0.6 is 11.8 Å². The van der Waals surface area contributed by atoms with Crippen LogP contribution in [0.2, 0.25) is 0 Å². The van der Waals surface area contributed by atoms with Crippen molar-refractivity contribution < 1.29 is 0 Å². The molecule has 1 rings (SSSR count). The summed E-state index contributed by atoms with van der Waals surface area (Å²) in [6, 6.07) is 0.326. The van der Waals surface area contributed by atoms with Gasteiger partial charge in [-0.25, -0.2) is 0 Å². The third-order valence-electron chi connectivity index (χ3n) is 4.04. The van der Waals surface area contributed by atoms with Crippen LogP contribution in [0.15, 0.2) is 0 Å². The first kappa shape index (κ1) is 15.3. The summed E-state index contributed by atoms with van der Waals surface area (Å²) in [5.41, 5.74) is 6.57. The van der Waals surface area contributed by atoms with Gasteiger partial charge in [0, 0.05) is 24.7 Å². The Kier molecular flexibility index (Phi) is 6.27. The molecule has 2 N–H and O–H groups in total. The molecular weight excluding hydrogens is 230 g/mol. The molecule has 1 fully saturated rings. The number of thioether (sulfide) groups is 1. The highest BCUT2D eigenvalue weighted by molar-refractivity contribution is 7.98. The maximum Gasteiger partial charge on any atom is 0.0330 e. The van der Waals surface area contributed by atoms with E-state index in [2.05, 4.69) is 37.2 Å². The van der Waals surface area contributed by atoms with Crippen LogP contribution in [-0.2, 0) is 0 Å². The summed E-state index contributed by atoms with van der Waals surface area (Å²) in [5, 5.41) is 0. The van der Waals surface area contributed by atoms with Crippen molar-refractivity contribution in [1.82, 2.24) is 9.80 Å². The Morgan fingerprint density at radius 3 is 2.35 bits per heavy atom. The highest BCUT2D eigenvalue weighted by atomic mass is 32.2. The largest absolute Gasteiger partial charge is 0.327 e. The van der Waals surface area contributed by atoms with Gasteiger partial charge in [-0.1, -0.05) is 0 Å². The first-order chi connectivity index (χ1) is 8.00. The average Bonchev–Trinajstić information content (AvgIpc) is 2.19. The van der Waals surface area contributed by atoms with E-state index in [1.165, 1.54) is 25.0 Å². The number of rotatable bonds is 8. The molecule has 0 spiro atoms. The molecule has 1 atom stereocenters. The summed E-state index contributed by atoms with van der Waals surface area (Å²) < 4.78 is 0. The van der Waals surface area contributed by atoms with Gasteiger partial charge < -0.3 is 15.5 Å². The van der Waals surface area contributed by atoms with Crippen molar-refractivity contribution in [2.45, 2.75) is 37.3 Å². The van der Waals surface area contributed by atoms with Gasteiger partial charge in [-0.2, -0.15) is 11.8 Å². The first-order valence-electron chi connectivity index (χ1n) is 6.61. The molecule has 0 aromatic rings. The van der Waals surface area contributed by atoms with E-state index in [-0.39, 0.29) is 0 Å². The van der Waals surface area contributed by atoms with E-state index >= 15 is 0 Å². The van der Waals surface area contributed by atoms with Gasteiger partial charge in [0.15, 0.2) is 0 Å². The summed E-state index contributed by atoms with van der Waals surface area (Å²) >= 11 is 1.88. The third kappa shape index (κ3) is 4.43. The van der Waals surface area contributed by atoms with E-state index in [0.717, 1.165) is 19.5 Å². The fourth-order valence-electron chi connectivity index (χ4n) is 2.66. The topological polar surface area (TPSA) is 32.5 Å².